The van der Waals surface area contributed by atoms with Crippen LogP contribution >= 0.6 is 0 Å². The second-order valence-electron chi connectivity index (χ2n) is 3.40. The Morgan fingerprint density at radius 2 is 1.78 bits per heavy atom. The van der Waals surface area contributed by atoms with Gasteiger partial charge in [0.15, 0.2) is 0 Å². The summed E-state index contributed by atoms with van der Waals surface area (Å²) in [7, 11) is 1.54. The van der Waals surface area contributed by atoms with Crippen LogP contribution in [0.25, 0.3) is 0 Å². The van der Waals surface area contributed by atoms with Gasteiger partial charge in [-0.05, 0) is 0 Å². The summed E-state index contributed by atoms with van der Waals surface area (Å²) in [4.78, 5) is 38.1. The van der Waals surface area contributed by atoms with Crippen molar-refractivity contribution in [1.82, 2.24) is 11.2 Å². The van der Waals surface area contributed by atoms with Gasteiger partial charge in [-0.15, -0.1) is 5.06 Å². The molecule has 1 aliphatic heterocycles. The first-order chi connectivity index (χ1) is 8.15. The van der Waals surface area contributed by atoms with E-state index in [1.165, 1.54) is 0 Å². The number of amides is 2. The number of imide groups is 1. The van der Waals surface area contributed by atoms with Crippen molar-refractivity contribution in [2.24, 2.45) is 0 Å². The molecule has 8 heteroatoms. The van der Waals surface area contributed by atoms with Crippen LogP contribution in [-0.4, -0.2) is 49.8 Å². The van der Waals surface area contributed by atoms with Gasteiger partial charge in [-0.25, -0.2) is 4.79 Å². The first-order valence-electron chi connectivity index (χ1n) is 5.28. The molecule has 2 radical (unpaired) electrons. The van der Waals surface area contributed by atoms with Crippen molar-refractivity contribution in [2.75, 3.05) is 26.9 Å². The molecule has 0 saturated carbocycles. The highest BCUT2D eigenvalue weighted by atomic mass is 16.7. The predicted octanol–water partition coefficient (Wildman–Crippen LogP) is -0.620. The lowest BCUT2D eigenvalue weighted by atomic mass is 10.4. The van der Waals surface area contributed by atoms with Gasteiger partial charge in [0.05, 0.1) is 26.2 Å². The van der Waals surface area contributed by atoms with Crippen molar-refractivity contribution >= 4 is 17.8 Å². The molecule has 0 atom stereocenters. The minimum Gasteiger partial charge on any atom is -0.382 e. The topological polar surface area (TPSA) is 114 Å². The van der Waals surface area contributed by atoms with Crippen LogP contribution in [0.5, 0.6) is 0 Å². The monoisotopic (exact) mass is 260 g/mol. The predicted molar refractivity (Wildman–Crippen MR) is 57.6 cm³/mol. The summed E-state index contributed by atoms with van der Waals surface area (Å²) in [6, 6.07) is 0. The van der Waals surface area contributed by atoms with E-state index in [1.807, 2.05) is 0 Å². The number of carbonyl (C=O) groups is 3. The van der Waals surface area contributed by atoms with Crippen molar-refractivity contribution in [3.8, 4) is 0 Å². The standard InChI is InChI=1S/C10H15NO6.HN/c1-15-6-7-16-5-4-10(14)17-11-8(12)2-3-9(11)13;/h2-7H2,1H3;1H. The lowest BCUT2D eigenvalue weighted by Crippen LogP contribution is -2.32. The number of methoxy groups -OCH3 is 1. The minimum atomic E-state index is -0.661. The number of hydrogen-bond acceptors (Lipinski definition) is 6. The molecule has 0 unspecified atom stereocenters. The molecular formula is C10H16N2O6. The third-order valence-corrected chi connectivity index (χ3v) is 2.08. The highest BCUT2D eigenvalue weighted by Gasteiger charge is 2.32. The second kappa shape index (κ2) is 8.56. The van der Waals surface area contributed by atoms with Gasteiger partial charge in [0.2, 0.25) is 0 Å². The molecule has 102 valence electrons. The molecule has 0 aliphatic carbocycles. The van der Waals surface area contributed by atoms with E-state index in [-0.39, 0.29) is 32.0 Å². The number of hydrogen-bond donors (Lipinski definition) is 0. The van der Waals surface area contributed by atoms with E-state index in [2.05, 4.69) is 4.84 Å². The van der Waals surface area contributed by atoms with Crippen molar-refractivity contribution in [3.05, 3.63) is 0 Å². The SMILES string of the molecule is COCCOCCC(=O)ON1C(=O)CCC1=O.[NH]. The molecule has 1 aliphatic rings. The highest BCUT2D eigenvalue weighted by molar-refractivity contribution is 6.01. The quantitative estimate of drug-likeness (QED) is 0.445. The molecule has 1 rings (SSSR count). The summed E-state index contributed by atoms with van der Waals surface area (Å²) in [6.07, 6.45) is 0.174. The molecule has 18 heavy (non-hydrogen) atoms. The van der Waals surface area contributed by atoms with Crippen LogP contribution in [0.15, 0.2) is 0 Å². The largest absolute Gasteiger partial charge is 0.382 e. The Morgan fingerprint density at radius 1 is 1.17 bits per heavy atom. The molecular weight excluding hydrogens is 244 g/mol. The Balaban J connectivity index is 0.00000289. The van der Waals surface area contributed by atoms with Crippen LogP contribution in [0.3, 0.4) is 0 Å². The Bertz CT molecular complexity index is 291. The van der Waals surface area contributed by atoms with Crippen LogP contribution in [0.1, 0.15) is 19.3 Å². The molecule has 1 N–H and O–H groups in total. The maximum atomic E-state index is 11.2. The summed E-state index contributed by atoms with van der Waals surface area (Å²) < 4.78 is 9.79. The fraction of sp³-hybridized carbons (Fsp3) is 0.700. The smallest absolute Gasteiger partial charge is 0.335 e. The summed E-state index contributed by atoms with van der Waals surface area (Å²) in [5, 5.41) is 0.525. The fourth-order valence-electron chi connectivity index (χ4n) is 1.21. The molecule has 0 spiro atoms. The minimum absolute atomic E-state index is 0. The Labute approximate surface area is 105 Å². The Hall–Kier alpha value is -1.51. The van der Waals surface area contributed by atoms with Gasteiger partial charge in [-0.1, -0.05) is 0 Å². The van der Waals surface area contributed by atoms with Crippen molar-refractivity contribution in [3.63, 3.8) is 0 Å². The number of hydroxylamine groups is 2. The van der Waals surface area contributed by atoms with Crippen LogP contribution in [0.4, 0.5) is 0 Å². The van der Waals surface area contributed by atoms with Gasteiger partial charge < -0.3 is 14.3 Å². The lowest BCUT2D eigenvalue weighted by molar-refractivity contribution is -0.198. The van der Waals surface area contributed by atoms with Gasteiger partial charge in [-0.3, -0.25) is 9.59 Å². The van der Waals surface area contributed by atoms with E-state index in [9.17, 15) is 14.4 Å². The van der Waals surface area contributed by atoms with E-state index in [0.717, 1.165) is 0 Å². The first-order valence-corrected chi connectivity index (χ1v) is 5.28. The number of ether oxygens (including phenoxy) is 2. The van der Waals surface area contributed by atoms with Gasteiger partial charge >= 0.3 is 5.97 Å². The number of nitrogens with zero attached hydrogens (tertiary/aromatic N) is 1. The molecule has 8 nitrogen and oxygen atoms in total. The maximum Gasteiger partial charge on any atom is 0.335 e. The summed E-state index contributed by atoms with van der Waals surface area (Å²) in [5.41, 5.74) is 0. The number of rotatable bonds is 7. The van der Waals surface area contributed by atoms with Gasteiger partial charge in [-0.2, -0.15) is 6.15 Å². The fourth-order valence-corrected chi connectivity index (χ4v) is 1.21. The summed E-state index contributed by atoms with van der Waals surface area (Å²) in [5.74, 6) is -1.63. The van der Waals surface area contributed by atoms with Gasteiger partial charge in [0.25, 0.3) is 11.8 Å². The van der Waals surface area contributed by atoms with Crippen molar-refractivity contribution in [1.29, 1.82) is 0 Å². The van der Waals surface area contributed by atoms with E-state index in [4.69, 9.17) is 9.47 Å². The zero-order valence-corrected chi connectivity index (χ0v) is 10.1. The molecule has 0 aromatic rings. The van der Waals surface area contributed by atoms with E-state index < -0.39 is 17.8 Å². The van der Waals surface area contributed by atoms with Crippen LogP contribution in [0.2, 0.25) is 0 Å². The Kier molecular flexibility index (Phi) is 7.84. The average Bonchev–Trinajstić information content (AvgIpc) is 2.60. The molecule has 0 aromatic carbocycles. The van der Waals surface area contributed by atoms with E-state index in [1.54, 1.807) is 7.11 Å². The zero-order chi connectivity index (χ0) is 12.7. The molecule has 1 heterocycles. The molecule has 1 saturated heterocycles. The highest BCUT2D eigenvalue weighted by Crippen LogP contribution is 2.12. The zero-order valence-electron chi connectivity index (χ0n) is 10.1. The molecule has 0 bridgehead atoms. The van der Waals surface area contributed by atoms with Crippen LogP contribution < -0.4 is 6.15 Å². The average molecular weight is 260 g/mol. The summed E-state index contributed by atoms with van der Waals surface area (Å²) >= 11 is 0. The second-order valence-corrected chi connectivity index (χ2v) is 3.40. The van der Waals surface area contributed by atoms with Crippen LogP contribution in [-0.2, 0) is 28.7 Å². The maximum absolute atomic E-state index is 11.2. The molecule has 1 fully saturated rings. The number of carbonyl (C=O) groups excluding carboxylic acids is 3. The van der Waals surface area contributed by atoms with E-state index in [0.29, 0.717) is 18.3 Å². The first kappa shape index (κ1) is 16.5. The van der Waals surface area contributed by atoms with Crippen molar-refractivity contribution < 1.29 is 28.7 Å². The van der Waals surface area contributed by atoms with Gasteiger partial charge in [0, 0.05) is 20.0 Å². The van der Waals surface area contributed by atoms with Gasteiger partial charge in [0.1, 0.15) is 0 Å². The number of nitrogens with one attached hydrogen (secondary N) is 1. The Morgan fingerprint density at radius 3 is 2.33 bits per heavy atom. The third kappa shape index (κ3) is 5.21. The van der Waals surface area contributed by atoms with E-state index >= 15 is 0 Å². The molecule has 2 amide bonds. The molecule has 0 aromatic heterocycles. The van der Waals surface area contributed by atoms with Crippen molar-refractivity contribution in [2.45, 2.75) is 19.3 Å². The third-order valence-electron chi connectivity index (χ3n) is 2.08. The summed E-state index contributed by atoms with van der Waals surface area (Å²) in [6.45, 7) is 0.988. The normalized spacial score (nSPS) is 14.6. The van der Waals surface area contributed by atoms with Crippen LogP contribution in [0, 0.1) is 0 Å². The lowest BCUT2D eigenvalue weighted by Gasteiger charge is -2.12.